The van der Waals surface area contributed by atoms with Gasteiger partial charge < -0.3 is 21.3 Å². The Morgan fingerprint density at radius 2 is 1.62 bits per heavy atom. The van der Waals surface area contributed by atoms with Crippen molar-refractivity contribution in [3.63, 3.8) is 0 Å². The smallest absolute Gasteiger partial charge is 0.315 e. The van der Waals surface area contributed by atoms with E-state index in [4.69, 9.17) is 5.73 Å². The first-order valence-electron chi connectivity index (χ1n) is 17.4. The van der Waals surface area contributed by atoms with Gasteiger partial charge in [0, 0.05) is 36.4 Å². The molecular weight excluding hydrogens is 596 g/mol. The summed E-state index contributed by atoms with van der Waals surface area (Å²) in [5.41, 5.74) is 4.40. The number of amides is 4. The van der Waals surface area contributed by atoms with Crippen molar-refractivity contribution in [2.45, 2.75) is 116 Å². The van der Waals surface area contributed by atoms with Crippen LogP contribution in [0.25, 0.3) is 0 Å². The predicted molar refractivity (Wildman–Crippen MR) is 177 cm³/mol. The average molecular weight is 649 g/mol. The van der Waals surface area contributed by atoms with Gasteiger partial charge in [-0.15, -0.1) is 0 Å². The van der Waals surface area contributed by atoms with Crippen molar-refractivity contribution < 1.29 is 28.8 Å². The number of carbonyl (C=O) groups excluding carboxylic acids is 6. The Labute approximate surface area is 278 Å². The molecule has 256 valence electrons. The van der Waals surface area contributed by atoms with Crippen LogP contribution in [-0.2, 0) is 19.2 Å². The van der Waals surface area contributed by atoms with Crippen LogP contribution in [0.1, 0.15) is 109 Å². The number of nitrogens with two attached hydrogens (primary N) is 1. The number of likely N-dealkylation sites (tertiary alicyclic amines) is 1. The Bertz CT molecular complexity index is 1410. The lowest BCUT2D eigenvalue weighted by atomic mass is 9.77. The molecule has 0 spiro atoms. The second kappa shape index (κ2) is 13.2. The number of nitrogens with one attached hydrogen (secondary N) is 2. The van der Waals surface area contributed by atoms with Crippen LogP contribution in [0, 0.1) is 34.5 Å². The molecule has 1 saturated heterocycles. The molecule has 4 fully saturated rings. The van der Waals surface area contributed by atoms with Gasteiger partial charge in [0.25, 0.3) is 5.91 Å². The molecule has 5 rings (SSSR count). The topological polar surface area (TPSA) is 156 Å². The summed E-state index contributed by atoms with van der Waals surface area (Å²) in [6, 6.07) is 6.88. The Kier molecular flexibility index (Phi) is 9.73. The van der Waals surface area contributed by atoms with Gasteiger partial charge in [-0.1, -0.05) is 97.1 Å². The molecule has 4 N–H and O–H groups in total. The predicted octanol–water partition coefficient (Wildman–Crippen LogP) is 4.59. The molecule has 5 atom stereocenters. The summed E-state index contributed by atoms with van der Waals surface area (Å²) >= 11 is 0. The number of primary amides is 1. The molecule has 3 saturated carbocycles. The highest BCUT2D eigenvalue weighted by atomic mass is 16.2. The van der Waals surface area contributed by atoms with Gasteiger partial charge >= 0.3 is 6.03 Å². The van der Waals surface area contributed by atoms with Crippen molar-refractivity contribution in [3.8, 4) is 0 Å². The highest BCUT2D eigenvalue weighted by Gasteiger charge is 2.69. The van der Waals surface area contributed by atoms with Gasteiger partial charge in [-0.25, -0.2) is 4.79 Å². The fourth-order valence-electron chi connectivity index (χ4n) is 8.32. The molecule has 1 heterocycles. The molecule has 1 aromatic rings. The highest BCUT2D eigenvalue weighted by Crippen LogP contribution is 2.65. The lowest BCUT2D eigenvalue weighted by molar-refractivity contribution is -0.144. The number of benzene rings is 1. The summed E-state index contributed by atoms with van der Waals surface area (Å²) in [7, 11) is 0. The standard InChI is InChI=1S/C37H52N4O6/c1-35(2,3)31(39-34(47)40-37(16-10-7-11-17-37)20-27(43)23-12-8-6-9-13-23)33(46)41-21-25-28(36(25,4)5)29(41)26(42)19-24(18-22-14-15-22)30(44)32(38)45/h6,8-9,12-13,22,24-25,28-29,31H,7,10-11,14-21H2,1-5H3,(H2,38,45)(H2,39,40,47)/t24?,25-,28-,29+,31+/m0/s1. The van der Waals surface area contributed by atoms with Gasteiger partial charge in [0.05, 0.1) is 6.04 Å². The van der Waals surface area contributed by atoms with E-state index in [0.717, 1.165) is 32.1 Å². The third-order valence-electron chi connectivity index (χ3n) is 11.4. The summed E-state index contributed by atoms with van der Waals surface area (Å²) in [4.78, 5) is 81.6. The number of carbonyl (C=O) groups is 6. The number of urea groups is 1. The van der Waals surface area contributed by atoms with E-state index in [0.29, 0.717) is 37.3 Å². The monoisotopic (exact) mass is 648 g/mol. The minimum atomic E-state index is -1.03. The van der Waals surface area contributed by atoms with E-state index in [1.807, 2.05) is 39.0 Å². The molecular formula is C37H52N4O6. The normalized spacial score (nSPS) is 25.6. The highest BCUT2D eigenvalue weighted by molar-refractivity contribution is 6.36. The summed E-state index contributed by atoms with van der Waals surface area (Å²) in [6.07, 6.45) is 6.57. The van der Waals surface area contributed by atoms with E-state index >= 15 is 0 Å². The van der Waals surface area contributed by atoms with Gasteiger partial charge in [0.15, 0.2) is 11.6 Å². The minimum absolute atomic E-state index is 0.0358. The molecule has 47 heavy (non-hydrogen) atoms. The number of ketones is 3. The van der Waals surface area contributed by atoms with Gasteiger partial charge in [-0.2, -0.15) is 0 Å². The Morgan fingerprint density at radius 1 is 0.979 bits per heavy atom. The van der Waals surface area contributed by atoms with Gasteiger partial charge in [0.1, 0.15) is 6.04 Å². The van der Waals surface area contributed by atoms with Crippen LogP contribution >= 0.6 is 0 Å². The van der Waals surface area contributed by atoms with Crippen molar-refractivity contribution in [3.05, 3.63) is 35.9 Å². The van der Waals surface area contributed by atoms with Crippen LogP contribution in [0.4, 0.5) is 4.79 Å². The van der Waals surface area contributed by atoms with Crippen molar-refractivity contribution >= 4 is 35.2 Å². The molecule has 10 nitrogen and oxygen atoms in total. The van der Waals surface area contributed by atoms with Crippen LogP contribution in [0.5, 0.6) is 0 Å². The summed E-state index contributed by atoms with van der Waals surface area (Å²) in [5, 5.41) is 6.09. The maximum atomic E-state index is 14.4. The van der Waals surface area contributed by atoms with Crippen LogP contribution in [0.3, 0.4) is 0 Å². The molecule has 1 aliphatic heterocycles. The molecule has 10 heteroatoms. The molecule has 1 unspecified atom stereocenters. The largest absolute Gasteiger partial charge is 0.363 e. The molecule has 4 aliphatic rings. The van der Waals surface area contributed by atoms with Crippen molar-refractivity contribution in [1.82, 2.24) is 15.5 Å². The zero-order chi connectivity index (χ0) is 34.3. The maximum absolute atomic E-state index is 14.4. The fraction of sp³-hybridized carbons (Fsp3) is 0.676. The summed E-state index contributed by atoms with van der Waals surface area (Å²) in [5.74, 6) is -2.76. The molecule has 0 aromatic heterocycles. The van der Waals surface area contributed by atoms with Crippen LogP contribution in [0.15, 0.2) is 30.3 Å². The number of fused-ring (bicyclic) bond motifs is 1. The Hall–Kier alpha value is -3.56. The van der Waals surface area contributed by atoms with E-state index in [2.05, 4.69) is 24.5 Å². The second-order valence-electron chi connectivity index (χ2n) is 16.4. The third kappa shape index (κ3) is 7.62. The van der Waals surface area contributed by atoms with Crippen molar-refractivity contribution in [2.24, 2.45) is 40.2 Å². The number of rotatable bonds is 13. The average Bonchev–Trinajstić information content (AvgIpc) is 3.86. The second-order valence-corrected chi connectivity index (χ2v) is 16.4. The zero-order valence-electron chi connectivity index (χ0n) is 28.6. The van der Waals surface area contributed by atoms with Crippen LogP contribution < -0.4 is 16.4 Å². The van der Waals surface area contributed by atoms with E-state index in [-0.39, 0.29) is 47.6 Å². The molecule has 0 radical (unpaired) electrons. The van der Waals surface area contributed by atoms with Gasteiger partial charge in [-0.3, -0.25) is 24.0 Å². The minimum Gasteiger partial charge on any atom is -0.363 e. The van der Waals surface area contributed by atoms with Crippen molar-refractivity contribution in [1.29, 1.82) is 0 Å². The summed E-state index contributed by atoms with van der Waals surface area (Å²) < 4.78 is 0. The zero-order valence-corrected chi connectivity index (χ0v) is 28.6. The SMILES string of the molecule is CC(C)(C)[C@H](NC(=O)NC1(CC(=O)c2ccccc2)CCCCC1)C(=O)N1C[C@H]2[C@@H]([C@H]1C(=O)CC(CC1CC1)C(=O)C(N)=O)C2(C)C. The third-order valence-corrected chi connectivity index (χ3v) is 11.4. The van der Waals surface area contributed by atoms with Gasteiger partial charge in [-0.05, 0) is 47.8 Å². The van der Waals surface area contributed by atoms with E-state index in [1.165, 1.54) is 0 Å². The first-order valence-corrected chi connectivity index (χ1v) is 17.4. The number of nitrogens with zero attached hydrogens (tertiary/aromatic N) is 1. The molecule has 4 amide bonds. The first-order chi connectivity index (χ1) is 22.0. The number of piperidine rings is 1. The van der Waals surface area contributed by atoms with E-state index in [9.17, 15) is 28.8 Å². The van der Waals surface area contributed by atoms with E-state index < -0.39 is 46.7 Å². The fourth-order valence-corrected chi connectivity index (χ4v) is 8.32. The first kappa shape index (κ1) is 34.8. The Balaban J connectivity index is 1.33. The lowest BCUT2D eigenvalue weighted by Crippen LogP contribution is -2.62. The summed E-state index contributed by atoms with van der Waals surface area (Å²) in [6.45, 7) is 10.2. The molecule has 1 aromatic carbocycles. The van der Waals surface area contributed by atoms with Crippen LogP contribution in [0.2, 0.25) is 0 Å². The van der Waals surface area contributed by atoms with Gasteiger partial charge in [0.2, 0.25) is 11.7 Å². The maximum Gasteiger partial charge on any atom is 0.315 e. The van der Waals surface area contributed by atoms with Crippen LogP contribution in [-0.4, -0.2) is 64.3 Å². The lowest BCUT2D eigenvalue weighted by Gasteiger charge is -2.40. The molecule has 3 aliphatic carbocycles. The van der Waals surface area contributed by atoms with Crippen molar-refractivity contribution in [2.75, 3.05) is 6.54 Å². The Morgan fingerprint density at radius 3 is 2.19 bits per heavy atom. The quantitative estimate of drug-likeness (QED) is 0.210. The number of hydrogen-bond donors (Lipinski definition) is 3. The number of Topliss-reactive ketones (excluding diaryl/α,β-unsaturated/α-hetero) is 3. The van der Waals surface area contributed by atoms with E-state index in [1.54, 1.807) is 17.0 Å². The molecule has 0 bridgehead atoms. The number of hydrogen-bond acceptors (Lipinski definition) is 6.